The first kappa shape index (κ1) is 28.7. The first-order valence-electron chi connectivity index (χ1n) is 16.0. The summed E-state index contributed by atoms with van der Waals surface area (Å²) in [5, 5.41) is 22.2. The van der Waals surface area contributed by atoms with Crippen LogP contribution in [0.1, 0.15) is 105 Å². The maximum Gasteiger partial charge on any atom is 0.309 e. The molecular formula is C36H49NO4. The number of carboxylic acids is 1. The Balaban J connectivity index is 1.39. The molecular weight excluding hydrogens is 510 g/mol. The van der Waals surface area contributed by atoms with Gasteiger partial charge in [-0.2, -0.15) is 0 Å². The second kappa shape index (κ2) is 9.04. The monoisotopic (exact) mass is 559 g/mol. The summed E-state index contributed by atoms with van der Waals surface area (Å²) >= 11 is 0. The van der Waals surface area contributed by atoms with E-state index in [9.17, 15) is 20.0 Å². The van der Waals surface area contributed by atoms with Gasteiger partial charge in [-0.05, 0) is 127 Å². The van der Waals surface area contributed by atoms with E-state index < -0.39 is 11.4 Å². The molecule has 1 aromatic rings. The third kappa shape index (κ3) is 3.62. The van der Waals surface area contributed by atoms with Gasteiger partial charge in [-0.25, -0.2) is 0 Å². The normalized spacial score (nSPS) is 44.4. The summed E-state index contributed by atoms with van der Waals surface area (Å²) in [6.07, 6.45) is 11.6. The van der Waals surface area contributed by atoms with Crippen LogP contribution >= 0.6 is 0 Å². The topological polar surface area (TPSA) is 80.4 Å². The first-order valence-corrected chi connectivity index (χ1v) is 16.0. The average molecular weight is 560 g/mol. The molecule has 41 heavy (non-hydrogen) atoms. The highest BCUT2D eigenvalue weighted by molar-refractivity contribution is 5.76. The van der Waals surface area contributed by atoms with E-state index in [0.29, 0.717) is 23.7 Å². The molecule has 0 saturated heterocycles. The van der Waals surface area contributed by atoms with Crippen molar-refractivity contribution in [3.63, 3.8) is 0 Å². The molecule has 5 aliphatic carbocycles. The smallest absolute Gasteiger partial charge is 0.309 e. The van der Waals surface area contributed by atoms with Crippen LogP contribution in [-0.2, 0) is 4.79 Å². The Morgan fingerprint density at radius 3 is 2.37 bits per heavy atom. The molecule has 0 bridgehead atoms. The van der Waals surface area contributed by atoms with Gasteiger partial charge in [0.2, 0.25) is 0 Å². The Morgan fingerprint density at radius 1 is 0.976 bits per heavy atom. The number of carbonyl (C=O) groups is 1. The molecule has 0 spiro atoms. The zero-order chi connectivity index (χ0) is 29.8. The number of fused-ring (bicyclic) bond motifs is 7. The summed E-state index contributed by atoms with van der Waals surface area (Å²) in [4.78, 5) is 24.2. The summed E-state index contributed by atoms with van der Waals surface area (Å²) in [7, 11) is 0. The fraction of sp³-hybridized carbons (Fsp3) is 0.694. The summed E-state index contributed by atoms with van der Waals surface area (Å²) in [5.74, 6) is 1.43. The zero-order valence-electron chi connectivity index (χ0n) is 26.0. The van der Waals surface area contributed by atoms with Crippen LogP contribution < -0.4 is 0 Å². The lowest BCUT2D eigenvalue weighted by Gasteiger charge is -2.72. The molecule has 1 N–H and O–H groups in total. The number of hydrogen-bond acceptors (Lipinski definition) is 3. The van der Waals surface area contributed by atoms with Crippen LogP contribution in [0.2, 0.25) is 0 Å². The third-order valence-corrected chi connectivity index (χ3v) is 14.4. The van der Waals surface area contributed by atoms with Crippen molar-refractivity contribution in [2.24, 2.45) is 56.7 Å². The molecule has 5 nitrogen and oxygen atoms in total. The molecule has 4 saturated carbocycles. The highest BCUT2D eigenvalue weighted by Gasteiger charge is 2.71. The van der Waals surface area contributed by atoms with Crippen molar-refractivity contribution < 1.29 is 14.8 Å². The van der Waals surface area contributed by atoms with Crippen molar-refractivity contribution in [1.29, 1.82) is 0 Å². The van der Waals surface area contributed by atoms with Gasteiger partial charge in [0.15, 0.2) is 0 Å². The van der Waals surface area contributed by atoms with E-state index in [1.165, 1.54) is 17.6 Å². The molecule has 5 heteroatoms. The molecule has 0 heterocycles. The van der Waals surface area contributed by atoms with Gasteiger partial charge in [0.05, 0.1) is 10.3 Å². The molecule has 4 fully saturated rings. The van der Waals surface area contributed by atoms with E-state index >= 15 is 0 Å². The Labute approximate surface area is 246 Å². The van der Waals surface area contributed by atoms with Gasteiger partial charge in [0.1, 0.15) is 0 Å². The predicted octanol–water partition coefficient (Wildman–Crippen LogP) is 9.33. The largest absolute Gasteiger partial charge is 0.481 e. The molecule has 1 aromatic carbocycles. The molecule has 0 amide bonds. The summed E-state index contributed by atoms with van der Waals surface area (Å²) in [6.45, 7) is 18.9. The number of benzene rings is 1. The van der Waals surface area contributed by atoms with E-state index in [1.54, 1.807) is 12.1 Å². The average Bonchev–Trinajstić information content (AvgIpc) is 3.30. The zero-order valence-corrected chi connectivity index (χ0v) is 26.0. The van der Waals surface area contributed by atoms with Gasteiger partial charge in [-0.1, -0.05) is 65.0 Å². The van der Waals surface area contributed by atoms with E-state index in [1.807, 2.05) is 12.1 Å². The maximum atomic E-state index is 12.9. The Hall–Kier alpha value is -2.43. The minimum Gasteiger partial charge on any atom is -0.481 e. The van der Waals surface area contributed by atoms with E-state index in [0.717, 1.165) is 56.9 Å². The number of aliphatic carboxylic acids is 1. The number of nitro groups is 1. The summed E-state index contributed by atoms with van der Waals surface area (Å²) in [6, 6.07) is 7.20. The van der Waals surface area contributed by atoms with Crippen LogP contribution in [0.5, 0.6) is 0 Å². The molecule has 0 unspecified atom stereocenters. The number of nitrogens with zero attached hydrogens (tertiary/aromatic N) is 1. The SMILES string of the molecule is C=C(C)[C@@H]1CC[C@]2(C(=O)O)CC[C@]3(C)[C@H](CC[C@@H]4[C@@]5(C)CC=C(c6cccc([N+](=O)[O-])c6)C(C)(C)[C@@H]5CC[C@]43C)[C@@H]12. The van der Waals surface area contributed by atoms with Gasteiger partial charge in [0, 0.05) is 12.1 Å². The molecule has 0 aromatic heterocycles. The molecule has 6 rings (SSSR count). The third-order valence-electron chi connectivity index (χ3n) is 14.4. The van der Waals surface area contributed by atoms with Crippen molar-refractivity contribution in [1.82, 2.24) is 0 Å². The molecule has 9 atom stereocenters. The van der Waals surface area contributed by atoms with Crippen LogP contribution in [0, 0.1) is 66.8 Å². The maximum absolute atomic E-state index is 12.9. The minimum absolute atomic E-state index is 0.0944. The fourth-order valence-electron chi connectivity index (χ4n) is 12.4. The summed E-state index contributed by atoms with van der Waals surface area (Å²) in [5.41, 5.74) is 3.30. The van der Waals surface area contributed by atoms with Gasteiger partial charge in [-0.15, -0.1) is 0 Å². The van der Waals surface area contributed by atoms with Crippen LogP contribution in [0.3, 0.4) is 0 Å². The number of rotatable bonds is 4. The van der Waals surface area contributed by atoms with E-state index in [4.69, 9.17) is 0 Å². The van der Waals surface area contributed by atoms with Crippen LogP contribution in [0.15, 0.2) is 42.5 Å². The lowest BCUT2D eigenvalue weighted by molar-refractivity contribution is -0.384. The minimum atomic E-state index is -0.582. The molecule has 0 aliphatic heterocycles. The molecule has 0 radical (unpaired) electrons. The Morgan fingerprint density at radius 2 is 1.71 bits per heavy atom. The van der Waals surface area contributed by atoms with Gasteiger partial charge < -0.3 is 5.11 Å². The number of hydrogen-bond donors (Lipinski definition) is 1. The Kier molecular flexibility index (Phi) is 6.32. The van der Waals surface area contributed by atoms with Gasteiger partial charge in [-0.3, -0.25) is 14.9 Å². The lowest BCUT2D eigenvalue weighted by Crippen LogP contribution is -2.65. The van der Waals surface area contributed by atoms with E-state index in [2.05, 4.69) is 54.2 Å². The predicted molar refractivity (Wildman–Crippen MR) is 163 cm³/mol. The van der Waals surface area contributed by atoms with Gasteiger partial charge >= 0.3 is 5.97 Å². The number of non-ortho nitro benzene ring substituents is 1. The van der Waals surface area contributed by atoms with Crippen molar-refractivity contribution in [2.75, 3.05) is 0 Å². The lowest BCUT2D eigenvalue weighted by atomic mass is 9.32. The molecule has 222 valence electrons. The first-order chi connectivity index (χ1) is 19.1. The second-order valence-corrected chi connectivity index (χ2v) is 16.0. The number of nitro benzene ring substituents is 1. The number of carboxylic acid groups (broad SMARTS) is 1. The van der Waals surface area contributed by atoms with Gasteiger partial charge in [0.25, 0.3) is 5.69 Å². The molecule has 5 aliphatic rings. The highest BCUT2D eigenvalue weighted by Crippen LogP contribution is 2.77. The summed E-state index contributed by atoms with van der Waals surface area (Å²) < 4.78 is 0. The van der Waals surface area contributed by atoms with Crippen molar-refractivity contribution in [2.45, 2.75) is 99.3 Å². The second-order valence-electron chi connectivity index (χ2n) is 16.0. The highest BCUT2D eigenvalue weighted by atomic mass is 16.6. The standard InChI is InChI=1S/C36H49NO4/c1-22(2)25-13-18-36(31(38)39)20-19-34(6)27(30(25)36)11-12-29-33(5)16-14-26(23-9-8-10-24(21-23)37(40)41)32(3,4)28(33)15-17-35(29,34)7/h8-10,14,21,25,27-30H,1,11-13,15-20H2,2-7H3,(H,38,39)/t25-,27+,28-,29+,30+,33-,34+,35+,36-/m0/s1. The van der Waals surface area contributed by atoms with Crippen molar-refractivity contribution in [3.05, 3.63) is 58.2 Å². The van der Waals surface area contributed by atoms with E-state index in [-0.39, 0.29) is 38.2 Å². The van der Waals surface area contributed by atoms with Crippen LogP contribution in [0.25, 0.3) is 5.57 Å². The van der Waals surface area contributed by atoms with Crippen LogP contribution in [0.4, 0.5) is 5.69 Å². The fourth-order valence-corrected chi connectivity index (χ4v) is 12.4. The Bertz CT molecular complexity index is 1340. The number of allylic oxidation sites excluding steroid dienone is 3. The van der Waals surface area contributed by atoms with Crippen LogP contribution in [-0.4, -0.2) is 16.0 Å². The quantitative estimate of drug-likeness (QED) is 0.226. The van der Waals surface area contributed by atoms with Crippen molar-refractivity contribution in [3.8, 4) is 0 Å². The van der Waals surface area contributed by atoms with Crippen molar-refractivity contribution >= 4 is 17.2 Å².